The molecule has 2 aromatic heterocycles. The number of hydrogen-bond acceptors (Lipinski definition) is 4. The van der Waals surface area contributed by atoms with E-state index in [1.807, 2.05) is 23.6 Å². The minimum atomic E-state index is 0.321. The molecular formula is C18H25N3S. The molecule has 1 fully saturated rings. The van der Waals surface area contributed by atoms with Gasteiger partial charge in [0.25, 0.3) is 0 Å². The SMILES string of the molecule is CC(c1ccccn1)N(C)Cc1cnc(C2CCCCC2)s1. The minimum absolute atomic E-state index is 0.321. The second-order valence-electron chi connectivity index (χ2n) is 6.35. The van der Waals surface area contributed by atoms with Crippen LogP contribution in [0.25, 0.3) is 0 Å². The zero-order valence-corrected chi connectivity index (χ0v) is 14.4. The van der Waals surface area contributed by atoms with Crippen molar-refractivity contribution < 1.29 is 0 Å². The molecule has 4 heteroatoms. The third-order valence-corrected chi connectivity index (χ3v) is 5.85. The van der Waals surface area contributed by atoms with Crippen LogP contribution in [0.1, 0.15) is 66.6 Å². The molecule has 1 aliphatic carbocycles. The lowest BCUT2D eigenvalue weighted by Gasteiger charge is -2.23. The molecule has 1 saturated carbocycles. The first kappa shape index (κ1) is 15.6. The van der Waals surface area contributed by atoms with Crippen LogP contribution in [0.15, 0.2) is 30.6 Å². The Hall–Kier alpha value is -1.26. The van der Waals surface area contributed by atoms with Crippen molar-refractivity contribution in [3.8, 4) is 0 Å². The zero-order valence-electron chi connectivity index (χ0n) is 13.5. The van der Waals surface area contributed by atoms with Gasteiger partial charge < -0.3 is 0 Å². The van der Waals surface area contributed by atoms with E-state index in [-0.39, 0.29) is 0 Å². The second kappa shape index (κ2) is 7.34. The molecule has 0 aliphatic heterocycles. The first-order valence-electron chi connectivity index (χ1n) is 8.30. The van der Waals surface area contributed by atoms with Crippen LogP contribution in [0.3, 0.4) is 0 Å². The van der Waals surface area contributed by atoms with Gasteiger partial charge in [0, 0.05) is 35.8 Å². The molecule has 2 heterocycles. The summed E-state index contributed by atoms with van der Waals surface area (Å²) in [7, 11) is 2.17. The van der Waals surface area contributed by atoms with Crippen LogP contribution in [0.2, 0.25) is 0 Å². The molecule has 0 N–H and O–H groups in total. The summed E-state index contributed by atoms with van der Waals surface area (Å²) < 4.78 is 0. The van der Waals surface area contributed by atoms with E-state index in [1.165, 1.54) is 42.0 Å². The summed E-state index contributed by atoms with van der Waals surface area (Å²) in [5.41, 5.74) is 1.13. The highest BCUT2D eigenvalue weighted by Crippen LogP contribution is 2.35. The van der Waals surface area contributed by atoms with Crippen molar-refractivity contribution in [2.24, 2.45) is 0 Å². The van der Waals surface area contributed by atoms with Crippen molar-refractivity contribution in [2.45, 2.75) is 57.5 Å². The molecular weight excluding hydrogens is 290 g/mol. The Kier molecular flexibility index (Phi) is 5.21. The van der Waals surface area contributed by atoms with Crippen LogP contribution in [0, 0.1) is 0 Å². The molecule has 118 valence electrons. The van der Waals surface area contributed by atoms with Gasteiger partial charge in [0.1, 0.15) is 0 Å². The van der Waals surface area contributed by atoms with E-state index in [0.29, 0.717) is 12.0 Å². The molecule has 2 aromatic rings. The maximum absolute atomic E-state index is 4.70. The number of thiazole rings is 1. The molecule has 0 amide bonds. The Morgan fingerprint density at radius 2 is 2.05 bits per heavy atom. The predicted octanol–water partition coefficient (Wildman–Crippen LogP) is 4.78. The summed E-state index contributed by atoms with van der Waals surface area (Å²) in [4.78, 5) is 12.9. The first-order chi connectivity index (χ1) is 10.7. The standard InChI is InChI=1S/C18H25N3S/c1-14(17-10-6-7-11-19-17)21(2)13-16-12-20-18(22-16)15-8-4-3-5-9-15/h6-7,10-12,14-15H,3-5,8-9,13H2,1-2H3. The van der Waals surface area contributed by atoms with Gasteiger partial charge in [0.2, 0.25) is 0 Å². The fraction of sp³-hybridized carbons (Fsp3) is 0.556. The zero-order chi connectivity index (χ0) is 15.4. The van der Waals surface area contributed by atoms with E-state index in [2.05, 4.69) is 42.2 Å². The maximum Gasteiger partial charge on any atom is 0.0959 e. The molecule has 3 rings (SSSR count). The predicted molar refractivity (Wildman–Crippen MR) is 92.1 cm³/mol. The average Bonchev–Trinajstić information content (AvgIpc) is 3.04. The number of rotatable bonds is 5. The number of nitrogens with zero attached hydrogens (tertiary/aromatic N) is 3. The van der Waals surface area contributed by atoms with Crippen LogP contribution in [-0.2, 0) is 6.54 Å². The Labute approximate surface area is 137 Å². The highest BCUT2D eigenvalue weighted by molar-refractivity contribution is 7.11. The lowest BCUT2D eigenvalue weighted by atomic mass is 9.90. The normalized spacial score (nSPS) is 17.8. The lowest BCUT2D eigenvalue weighted by Crippen LogP contribution is -2.22. The molecule has 0 aromatic carbocycles. The molecule has 22 heavy (non-hydrogen) atoms. The fourth-order valence-corrected chi connectivity index (χ4v) is 4.32. The van der Waals surface area contributed by atoms with E-state index in [1.54, 1.807) is 0 Å². The summed E-state index contributed by atoms with van der Waals surface area (Å²) in [6, 6.07) is 6.44. The van der Waals surface area contributed by atoms with Gasteiger partial charge >= 0.3 is 0 Å². The van der Waals surface area contributed by atoms with Crippen LogP contribution in [0.4, 0.5) is 0 Å². The Morgan fingerprint density at radius 1 is 1.23 bits per heavy atom. The highest BCUT2D eigenvalue weighted by atomic mass is 32.1. The smallest absolute Gasteiger partial charge is 0.0959 e. The molecule has 0 radical (unpaired) electrons. The van der Waals surface area contributed by atoms with Crippen molar-refractivity contribution >= 4 is 11.3 Å². The van der Waals surface area contributed by atoms with Gasteiger partial charge in [0.15, 0.2) is 0 Å². The molecule has 0 spiro atoms. The van der Waals surface area contributed by atoms with Crippen molar-refractivity contribution in [1.29, 1.82) is 0 Å². The quantitative estimate of drug-likeness (QED) is 0.795. The monoisotopic (exact) mass is 315 g/mol. The van der Waals surface area contributed by atoms with Gasteiger partial charge in [-0.15, -0.1) is 11.3 Å². The van der Waals surface area contributed by atoms with E-state index in [0.717, 1.165) is 12.2 Å². The van der Waals surface area contributed by atoms with Gasteiger partial charge in [-0.2, -0.15) is 0 Å². The van der Waals surface area contributed by atoms with Crippen LogP contribution in [0.5, 0.6) is 0 Å². The second-order valence-corrected chi connectivity index (χ2v) is 7.49. The van der Waals surface area contributed by atoms with E-state index in [4.69, 9.17) is 4.98 Å². The molecule has 3 nitrogen and oxygen atoms in total. The number of pyridine rings is 1. The van der Waals surface area contributed by atoms with Crippen molar-refractivity contribution in [3.05, 3.63) is 46.2 Å². The van der Waals surface area contributed by atoms with Crippen molar-refractivity contribution in [1.82, 2.24) is 14.9 Å². The molecule has 0 saturated heterocycles. The van der Waals surface area contributed by atoms with Gasteiger partial charge in [-0.05, 0) is 38.9 Å². The fourth-order valence-electron chi connectivity index (χ4n) is 3.17. The van der Waals surface area contributed by atoms with E-state index in [9.17, 15) is 0 Å². The molecule has 1 atom stereocenters. The van der Waals surface area contributed by atoms with Crippen LogP contribution < -0.4 is 0 Å². The summed E-state index contributed by atoms with van der Waals surface area (Å²) in [6.07, 6.45) is 10.7. The third-order valence-electron chi connectivity index (χ3n) is 4.71. The van der Waals surface area contributed by atoms with Crippen molar-refractivity contribution in [2.75, 3.05) is 7.05 Å². The highest BCUT2D eigenvalue weighted by Gasteiger charge is 2.20. The Bertz CT molecular complexity index is 575. The average molecular weight is 315 g/mol. The minimum Gasteiger partial charge on any atom is -0.293 e. The maximum atomic E-state index is 4.70. The van der Waals surface area contributed by atoms with Crippen molar-refractivity contribution in [3.63, 3.8) is 0 Å². The van der Waals surface area contributed by atoms with Gasteiger partial charge in [-0.1, -0.05) is 25.3 Å². The number of aromatic nitrogens is 2. The summed E-state index contributed by atoms with van der Waals surface area (Å²) in [5, 5.41) is 1.36. The van der Waals surface area contributed by atoms with Gasteiger partial charge in [-0.3, -0.25) is 9.88 Å². The lowest BCUT2D eigenvalue weighted by molar-refractivity contribution is 0.250. The largest absolute Gasteiger partial charge is 0.293 e. The first-order valence-corrected chi connectivity index (χ1v) is 9.11. The summed E-state index contributed by atoms with van der Waals surface area (Å²) in [5.74, 6) is 0.714. The van der Waals surface area contributed by atoms with E-state index >= 15 is 0 Å². The summed E-state index contributed by atoms with van der Waals surface area (Å²) >= 11 is 1.91. The van der Waals surface area contributed by atoms with E-state index < -0.39 is 0 Å². The Balaban J connectivity index is 1.62. The topological polar surface area (TPSA) is 29.0 Å². The third kappa shape index (κ3) is 3.73. The Morgan fingerprint density at radius 3 is 2.77 bits per heavy atom. The van der Waals surface area contributed by atoms with Crippen LogP contribution in [-0.4, -0.2) is 21.9 Å². The summed E-state index contributed by atoms with van der Waals surface area (Å²) in [6.45, 7) is 3.16. The molecule has 1 unspecified atom stereocenters. The van der Waals surface area contributed by atoms with Crippen LogP contribution >= 0.6 is 11.3 Å². The molecule has 0 bridgehead atoms. The number of hydrogen-bond donors (Lipinski definition) is 0. The van der Waals surface area contributed by atoms with Gasteiger partial charge in [-0.25, -0.2) is 4.98 Å². The van der Waals surface area contributed by atoms with Gasteiger partial charge in [0.05, 0.1) is 10.7 Å². The molecule has 1 aliphatic rings.